The van der Waals surface area contributed by atoms with Crippen LogP contribution in [0.15, 0.2) is 60.7 Å². The predicted molar refractivity (Wildman–Crippen MR) is 95.5 cm³/mol. The number of aliphatic carboxylic acids is 1. The fraction of sp³-hybridized carbons (Fsp3) is 0.381. The SMILES string of the molecule is CC1(C(=O)O)CC[C@@H](N(Cc2ccccc2)Cc2ccccc2)C1. The quantitative estimate of drug-likeness (QED) is 0.860. The molecule has 1 unspecified atom stereocenters. The van der Waals surface area contributed by atoms with Crippen LogP contribution in [-0.2, 0) is 17.9 Å². The Morgan fingerprint density at radius 1 is 1.04 bits per heavy atom. The normalized spacial score (nSPS) is 23.5. The number of carbonyl (C=O) groups is 1. The first kappa shape index (κ1) is 16.7. The summed E-state index contributed by atoms with van der Waals surface area (Å²) in [5, 5.41) is 9.53. The Kier molecular flexibility index (Phi) is 5.00. The number of rotatable bonds is 6. The molecule has 0 amide bonds. The maximum atomic E-state index is 11.6. The summed E-state index contributed by atoms with van der Waals surface area (Å²) in [5.41, 5.74) is 1.96. The lowest BCUT2D eigenvalue weighted by atomic mass is 9.89. The molecule has 0 radical (unpaired) electrons. The maximum Gasteiger partial charge on any atom is 0.309 e. The van der Waals surface area contributed by atoms with Gasteiger partial charge in [0.2, 0.25) is 0 Å². The predicted octanol–water partition coefficient (Wildman–Crippen LogP) is 4.33. The van der Waals surface area contributed by atoms with Crippen molar-refractivity contribution < 1.29 is 9.90 Å². The van der Waals surface area contributed by atoms with E-state index in [1.165, 1.54) is 11.1 Å². The Bertz CT molecular complexity index is 629. The van der Waals surface area contributed by atoms with Gasteiger partial charge in [-0.3, -0.25) is 9.69 Å². The van der Waals surface area contributed by atoms with Crippen molar-refractivity contribution in [2.75, 3.05) is 0 Å². The molecule has 2 aromatic carbocycles. The number of benzene rings is 2. The molecule has 1 aliphatic carbocycles. The third-order valence-electron chi connectivity index (χ3n) is 5.21. The molecule has 1 saturated carbocycles. The van der Waals surface area contributed by atoms with Crippen molar-refractivity contribution >= 4 is 5.97 Å². The summed E-state index contributed by atoms with van der Waals surface area (Å²) in [6, 6.07) is 21.2. The Labute approximate surface area is 143 Å². The van der Waals surface area contributed by atoms with Crippen LogP contribution in [0.2, 0.25) is 0 Å². The zero-order valence-electron chi connectivity index (χ0n) is 14.2. The smallest absolute Gasteiger partial charge is 0.309 e. The third kappa shape index (κ3) is 3.85. The summed E-state index contributed by atoms with van der Waals surface area (Å²) in [6.45, 7) is 3.60. The fourth-order valence-corrected chi connectivity index (χ4v) is 3.67. The van der Waals surface area contributed by atoms with E-state index in [0.717, 1.165) is 32.4 Å². The molecule has 0 spiro atoms. The summed E-state index contributed by atoms with van der Waals surface area (Å²) in [7, 11) is 0. The van der Waals surface area contributed by atoms with Crippen molar-refractivity contribution in [2.24, 2.45) is 5.41 Å². The molecule has 0 bridgehead atoms. The van der Waals surface area contributed by atoms with Gasteiger partial charge in [-0.25, -0.2) is 0 Å². The van der Waals surface area contributed by atoms with Crippen LogP contribution in [0.1, 0.15) is 37.3 Å². The van der Waals surface area contributed by atoms with Gasteiger partial charge in [0.1, 0.15) is 0 Å². The average Bonchev–Trinajstić information content (AvgIpc) is 3.00. The highest BCUT2D eigenvalue weighted by atomic mass is 16.4. The zero-order chi connectivity index (χ0) is 17.0. The minimum Gasteiger partial charge on any atom is -0.481 e. The second-order valence-corrected chi connectivity index (χ2v) is 7.14. The van der Waals surface area contributed by atoms with Gasteiger partial charge >= 0.3 is 5.97 Å². The molecule has 126 valence electrons. The topological polar surface area (TPSA) is 40.5 Å². The van der Waals surface area contributed by atoms with Crippen molar-refractivity contribution in [3.8, 4) is 0 Å². The van der Waals surface area contributed by atoms with Gasteiger partial charge in [-0.1, -0.05) is 60.7 Å². The number of carboxylic acid groups (broad SMARTS) is 1. The van der Waals surface area contributed by atoms with Crippen molar-refractivity contribution in [1.29, 1.82) is 0 Å². The zero-order valence-corrected chi connectivity index (χ0v) is 14.2. The molecule has 2 atom stereocenters. The summed E-state index contributed by atoms with van der Waals surface area (Å²) in [6.07, 6.45) is 2.43. The van der Waals surface area contributed by atoms with Crippen LogP contribution in [0.3, 0.4) is 0 Å². The molecule has 0 aromatic heterocycles. The molecule has 1 aliphatic rings. The van der Waals surface area contributed by atoms with Gasteiger partial charge in [-0.15, -0.1) is 0 Å². The summed E-state index contributed by atoms with van der Waals surface area (Å²) in [4.78, 5) is 14.0. The van der Waals surface area contributed by atoms with E-state index in [-0.39, 0.29) is 0 Å². The van der Waals surface area contributed by atoms with Gasteiger partial charge in [0.05, 0.1) is 5.41 Å². The molecule has 0 aliphatic heterocycles. The van der Waals surface area contributed by atoms with Gasteiger partial charge in [-0.05, 0) is 37.3 Å². The maximum absolute atomic E-state index is 11.6. The van der Waals surface area contributed by atoms with E-state index in [0.29, 0.717) is 6.04 Å². The highest BCUT2D eigenvalue weighted by Crippen LogP contribution is 2.41. The highest BCUT2D eigenvalue weighted by Gasteiger charge is 2.43. The van der Waals surface area contributed by atoms with E-state index in [1.54, 1.807) is 0 Å². The molecule has 3 rings (SSSR count). The summed E-state index contributed by atoms with van der Waals surface area (Å²) >= 11 is 0. The van der Waals surface area contributed by atoms with Crippen LogP contribution >= 0.6 is 0 Å². The number of carboxylic acids is 1. The summed E-state index contributed by atoms with van der Waals surface area (Å²) < 4.78 is 0. The first-order valence-electron chi connectivity index (χ1n) is 8.62. The Morgan fingerprint density at radius 3 is 1.96 bits per heavy atom. The van der Waals surface area contributed by atoms with E-state index < -0.39 is 11.4 Å². The fourth-order valence-electron chi connectivity index (χ4n) is 3.67. The lowest BCUT2D eigenvalue weighted by Crippen LogP contribution is -2.34. The molecule has 3 heteroatoms. The van der Waals surface area contributed by atoms with Crippen LogP contribution in [0.5, 0.6) is 0 Å². The summed E-state index contributed by atoms with van der Waals surface area (Å²) in [5.74, 6) is -0.663. The molecular formula is C21H25NO2. The van der Waals surface area contributed by atoms with E-state index >= 15 is 0 Å². The van der Waals surface area contributed by atoms with E-state index in [9.17, 15) is 9.90 Å². The van der Waals surface area contributed by atoms with Crippen LogP contribution < -0.4 is 0 Å². The monoisotopic (exact) mass is 323 g/mol. The minimum absolute atomic E-state index is 0.312. The van der Waals surface area contributed by atoms with E-state index in [2.05, 4.69) is 53.4 Å². The van der Waals surface area contributed by atoms with Gasteiger partial charge < -0.3 is 5.11 Å². The molecule has 3 nitrogen and oxygen atoms in total. The van der Waals surface area contributed by atoms with Crippen LogP contribution in [-0.4, -0.2) is 22.0 Å². The van der Waals surface area contributed by atoms with Crippen LogP contribution in [0.25, 0.3) is 0 Å². The molecule has 1 fully saturated rings. The van der Waals surface area contributed by atoms with Crippen LogP contribution in [0, 0.1) is 5.41 Å². The lowest BCUT2D eigenvalue weighted by molar-refractivity contribution is -0.147. The third-order valence-corrected chi connectivity index (χ3v) is 5.21. The van der Waals surface area contributed by atoms with E-state index in [4.69, 9.17) is 0 Å². The first-order valence-corrected chi connectivity index (χ1v) is 8.62. The Hall–Kier alpha value is -2.13. The lowest BCUT2D eigenvalue weighted by Gasteiger charge is -2.30. The second kappa shape index (κ2) is 7.18. The second-order valence-electron chi connectivity index (χ2n) is 7.14. The van der Waals surface area contributed by atoms with Gasteiger partial charge in [0, 0.05) is 19.1 Å². The van der Waals surface area contributed by atoms with Crippen molar-refractivity contribution in [1.82, 2.24) is 4.90 Å². The van der Waals surface area contributed by atoms with Crippen molar-refractivity contribution in [3.05, 3.63) is 71.8 Å². The average molecular weight is 323 g/mol. The number of hydrogen-bond donors (Lipinski definition) is 1. The number of hydrogen-bond acceptors (Lipinski definition) is 2. The number of nitrogens with zero attached hydrogens (tertiary/aromatic N) is 1. The van der Waals surface area contributed by atoms with Gasteiger partial charge in [0.25, 0.3) is 0 Å². The molecular weight excluding hydrogens is 298 g/mol. The largest absolute Gasteiger partial charge is 0.481 e. The van der Waals surface area contributed by atoms with Gasteiger partial charge in [0.15, 0.2) is 0 Å². The standard InChI is InChI=1S/C21H25NO2/c1-21(20(23)24)13-12-19(14-21)22(15-17-8-4-2-5-9-17)16-18-10-6-3-7-11-18/h2-11,19H,12-16H2,1H3,(H,23,24)/t19-,21?/m1/s1. The van der Waals surface area contributed by atoms with Gasteiger partial charge in [-0.2, -0.15) is 0 Å². The Balaban J connectivity index is 1.78. The highest BCUT2D eigenvalue weighted by molar-refractivity contribution is 5.74. The van der Waals surface area contributed by atoms with Crippen molar-refractivity contribution in [3.63, 3.8) is 0 Å². The van der Waals surface area contributed by atoms with Crippen LogP contribution in [0.4, 0.5) is 0 Å². The molecule has 2 aromatic rings. The molecule has 0 saturated heterocycles. The molecule has 1 N–H and O–H groups in total. The first-order chi connectivity index (χ1) is 11.6. The molecule has 0 heterocycles. The minimum atomic E-state index is -0.663. The Morgan fingerprint density at radius 2 is 1.54 bits per heavy atom. The molecule has 24 heavy (non-hydrogen) atoms. The van der Waals surface area contributed by atoms with E-state index in [1.807, 2.05) is 19.1 Å². The van der Waals surface area contributed by atoms with Crippen molar-refractivity contribution in [2.45, 2.75) is 45.3 Å².